The molecular weight excluding hydrogens is 312 g/mol. The topological polar surface area (TPSA) is 84.9 Å². The van der Waals surface area contributed by atoms with Crippen molar-refractivity contribution in [2.24, 2.45) is 11.8 Å². The van der Waals surface area contributed by atoms with Crippen molar-refractivity contribution in [3.63, 3.8) is 0 Å². The molecule has 1 rings (SSSR count). The van der Waals surface area contributed by atoms with Gasteiger partial charge in [-0.05, 0) is 18.3 Å². The minimum atomic E-state index is -0.244. The number of carbonyl (C=O) groups is 3. The van der Waals surface area contributed by atoms with E-state index in [1.54, 1.807) is 7.05 Å². The average molecular weight is 342 g/mol. The van der Waals surface area contributed by atoms with E-state index in [0.717, 1.165) is 12.8 Å². The molecule has 1 heterocycles. The minimum absolute atomic E-state index is 0.0198. The molecule has 1 fully saturated rings. The van der Waals surface area contributed by atoms with Crippen molar-refractivity contribution in [2.75, 3.05) is 33.4 Å². The zero-order chi connectivity index (χ0) is 18.1. The Morgan fingerprint density at radius 3 is 2.58 bits per heavy atom. The lowest BCUT2D eigenvalue weighted by Gasteiger charge is -2.21. The predicted molar refractivity (Wildman–Crippen MR) is 89.2 cm³/mol. The molecule has 1 N–H and O–H groups in total. The van der Waals surface area contributed by atoms with Crippen LogP contribution in [0.4, 0.5) is 0 Å². The average Bonchev–Trinajstić information content (AvgIpc) is 2.96. The number of ether oxygens (including phenoxy) is 2. The van der Waals surface area contributed by atoms with Gasteiger partial charge in [-0.1, -0.05) is 13.8 Å². The van der Waals surface area contributed by atoms with Crippen molar-refractivity contribution in [3.8, 4) is 0 Å². The molecule has 2 amide bonds. The normalized spacial score (nSPS) is 18.3. The Kier molecular flexibility index (Phi) is 8.74. The van der Waals surface area contributed by atoms with Crippen LogP contribution in [0.2, 0.25) is 0 Å². The first kappa shape index (κ1) is 20.4. The van der Waals surface area contributed by atoms with Crippen LogP contribution in [0.1, 0.15) is 40.0 Å². The van der Waals surface area contributed by atoms with Gasteiger partial charge in [0.15, 0.2) is 0 Å². The molecular formula is C17H30N2O5. The van der Waals surface area contributed by atoms with Gasteiger partial charge in [0.05, 0.1) is 26.2 Å². The van der Waals surface area contributed by atoms with E-state index in [-0.39, 0.29) is 42.8 Å². The second-order valence-electron chi connectivity index (χ2n) is 6.85. The Balaban J connectivity index is 2.41. The van der Waals surface area contributed by atoms with Crippen LogP contribution in [0.5, 0.6) is 0 Å². The SMILES string of the molecule is CC(=O)N(C)CC(=O)NC[C@H](CC(=O)OC1CCOC1)CC(C)C. The van der Waals surface area contributed by atoms with Gasteiger partial charge in [0, 0.05) is 26.9 Å². The third-order valence-electron chi connectivity index (χ3n) is 3.95. The number of rotatable bonds is 9. The Hall–Kier alpha value is -1.63. The fourth-order valence-electron chi connectivity index (χ4n) is 2.62. The third kappa shape index (κ3) is 8.29. The summed E-state index contributed by atoms with van der Waals surface area (Å²) in [5.41, 5.74) is 0. The number of nitrogens with zero attached hydrogens (tertiary/aromatic N) is 1. The van der Waals surface area contributed by atoms with Gasteiger partial charge in [-0.25, -0.2) is 0 Å². The number of esters is 1. The van der Waals surface area contributed by atoms with Gasteiger partial charge in [-0.2, -0.15) is 0 Å². The van der Waals surface area contributed by atoms with Gasteiger partial charge in [0.2, 0.25) is 11.8 Å². The second-order valence-corrected chi connectivity index (χ2v) is 6.85. The molecule has 0 aliphatic carbocycles. The van der Waals surface area contributed by atoms with Crippen molar-refractivity contribution in [2.45, 2.75) is 46.1 Å². The molecule has 1 unspecified atom stereocenters. The summed E-state index contributed by atoms with van der Waals surface area (Å²) in [5.74, 6) is -0.197. The number of nitrogens with one attached hydrogen (secondary N) is 1. The predicted octanol–water partition coefficient (Wildman–Crippen LogP) is 0.965. The van der Waals surface area contributed by atoms with E-state index in [9.17, 15) is 14.4 Å². The van der Waals surface area contributed by atoms with Crippen LogP contribution in [0.15, 0.2) is 0 Å². The summed E-state index contributed by atoms with van der Waals surface area (Å²) in [6, 6.07) is 0. The first-order valence-electron chi connectivity index (χ1n) is 8.53. The fraction of sp³-hybridized carbons (Fsp3) is 0.824. The molecule has 0 aromatic rings. The maximum absolute atomic E-state index is 12.1. The quantitative estimate of drug-likeness (QED) is 0.631. The van der Waals surface area contributed by atoms with Crippen LogP contribution in [0.25, 0.3) is 0 Å². The van der Waals surface area contributed by atoms with Crippen LogP contribution in [0.3, 0.4) is 0 Å². The Bertz CT molecular complexity index is 433. The van der Waals surface area contributed by atoms with E-state index in [1.165, 1.54) is 11.8 Å². The van der Waals surface area contributed by atoms with Crippen LogP contribution >= 0.6 is 0 Å². The lowest BCUT2D eigenvalue weighted by atomic mass is 9.94. The molecule has 2 atom stereocenters. The van der Waals surface area contributed by atoms with Crippen LogP contribution < -0.4 is 5.32 Å². The molecule has 1 saturated heterocycles. The van der Waals surface area contributed by atoms with Crippen LogP contribution in [-0.2, 0) is 23.9 Å². The van der Waals surface area contributed by atoms with Crippen LogP contribution in [-0.4, -0.2) is 62.1 Å². The first-order chi connectivity index (χ1) is 11.3. The largest absolute Gasteiger partial charge is 0.460 e. The van der Waals surface area contributed by atoms with Gasteiger partial charge in [0.25, 0.3) is 0 Å². The molecule has 0 aromatic carbocycles. The highest BCUT2D eigenvalue weighted by molar-refractivity contribution is 5.83. The van der Waals surface area contributed by atoms with Crippen molar-refractivity contribution in [1.82, 2.24) is 10.2 Å². The van der Waals surface area contributed by atoms with Crippen molar-refractivity contribution in [3.05, 3.63) is 0 Å². The van der Waals surface area contributed by atoms with Gasteiger partial charge in [-0.3, -0.25) is 14.4 Å². The molecule has 24 heavy (non-hydrogen) atoms. The monoisotopic (exact) mass is 342 g/mol. The molecule has 0 bridgehead atoms. The maximum atomic E-state index is 12.1. The van der Waals surface area contributed by atoms with Crippen molar-refractivity contribution < 1.29 is 23.9 Å². The maximum Gasteiger partial charge on any atom is 0.306 e. The molecule has 1 aliphatic rings. The molecule has 7 heteroatoms. The Labute approximate surface area is 144 Å². The summed E-state index contributed by atoms with van der Waals surface area (Å²) < 4.78 is 10.6. The molecule has 7 nitrogen and oxygen atoms in total. The molecule has 0 spiro atoms. The Morgan fingerprint density at radius 2 is 2.04 bits per heavy atom. The summed E-state index contributed by atoms with van der Waals surface area (Å²) in [5, 5.41) is 2.81. The van der Waals surface area contributed by atoms with Crippen molar-refractivity contribution >= 4 is 17.8 Å². The van der Waals surface area contributed by atoms with E-state index in [4.69, 9.17) is 9.47 Å². The van der Waals surface area contributed by atoms with Crippen LogP contribution in [0, 0.1) is 11.8 Å². The van der Waals surface area contributed by atoms with Crippen molar-refractivity contribution in [1.29, 1.82) is 0 Å². The van der Waals surface area contributed by atoms with E-state index in [2.05, 4.69) is 19.2 Å². The first-order valence-corrected chi connectivity index (χ1v) is 8.53. The zero-order valence-corrected chi connectivity index (χ0v) is 15.2. The third-order valence-corrected chi connectivity index (χ3v) is 3.95. The summed E-state index contributed by atoms with van der Waals surface area (Å²) in [4.78, 5) is 36.4. The molecule has 0 aromatic heterocycles. The zero-order valence-electron chi connectivity index (χ0n) is 15.2. The smallest absolute Gasteiger partial charge is 0.306 e. The highest BCUT2D eigenvalue weighted by Gasteiger charge is 2.23. The van der Waals surface area contributed by atoms with E-state index >= 15 is 0 Å². The highest BCUT2D eigenvalue weighted by atomic mass is 16.6. The number of hydrogen-bond acceptors (Lipinski definition) is 5. The number of likely N-dealkylation sites (N-methyl/N-ethyl adjacent to an activating group) is 1. The number of hydrogen-bond donors (Lipinski definition) is 1. The fourth-order valence-corrected chi connectivity index (χ4v) is 2.62. The minimum Gasteiger partial charge on any atom is -0.460 e. The molecule has 0 radical (unpaired) electrons. The van der Waals surface area contributed by atoms with Gasteiger partial charge in [0.1, 0.15) is 6.10 Å². The number of carbonyl (C=O) groups excluding carboxylic acids is 3. The molecule has 1 aliphatic heterocycles. The van der Waals surface area contributed by atoms with Gasteiger partial charge < -0.3 is 19.7 Å². The van der Waals surface area contributed by atoms with E-state index < -0.39 is 0 Å². The lowest BCUT2D eigenvalue weighted by Crippen LogP contribution is -2.39. The second kappa shape index (κ2) is 10.3. The Morgan fingerprint density at radius 1 is 1.33 bits per heavy atom. The standard InChI is InChI=1S/C17H30N2O5/c1-12(2)7-14(8-17(22)24-15-5-6-23-11-15)9-18-16(21)10-19(4)13(3)20/h12,14-15H,5-11H2,1-4H3,(H,18,21)/t14-,15?/m0/s1. The summed E-state index contributed by atoms with van der Waals surface area (Å²) in [6.07, 6.45) is 1.70. The molecule has 138 valence electrons. The van der Waals surface area contributed by atoms with E-state index in [1.807, 2.05) is 0 Å². The lowest BCUT2D eigenvalue weighted by molar-refractivity contribution is -0.150. The summed E-state index contributed by atoms with van der Waals surface area (Å²) in [6.45, 7) is 7.09. The van der Waals surface area contributed by atoms with Gasteiger partial charge in [-0.15, -0.1) is 0 Å². The highest BCUT2D eigenvalue weighted by Crippen LogP contribution is 2.17. The molecule has 0 saturated carbocycles. The van der Waals surface area contributed by atoms with Gasteiger partial charge >= 0.3 is 5.97 Å². The summed E-state index contributed by atoms with van der Waals surface area (Å²) in [7, 11) is 1.58. The number of amides is 2. The summed E-state index contributed by atoms with van der Waals surface area (Å²) >= 11 is 0. The van der Waals surface area contributed by atoms with E-state index in [0.29, 0.717) is 25.7 Å².